The van der Waals surface area contributed by atoms with Crippen molar-refractivity contribution in [3.8, 4) is 11.5 Å². The molecule has 1 aliphatic rings. The number of rotatable bonds is 3. The molecule has 1 fully saturated rings. The zero-order valence-electron chi connectivity index (χ0n) is 10.6. The molecular formula is C13H17ClFNO2. The second-order valence-electron chi connectivity index (χ2n) is 4.65. The minimum atomic E-state index is -0.584. The molecule has 1 saturated carbocycles. The molecule has 2 rings (SSSR count). The van der Waals surface area contributed by atoms with E-state index in [2.05, 4.69) is 0 Å². The summed E-state index contributed by atoms with van der Waals surface area (Å²) in [5.41, 5.74) is 6.42. The summed E-state index contributed by atoms with van der Waals surface area (Å²) in [6, 6.07) is 1.66. The SMILES string of the molecule is COc1c(Cl)cc(C2(N)CCCC2)c(OC)c1F. The van der Waals surface area contributed by atoms with E-state index in [1.807, 2.05) is 0 Å². The molecule has 1 aromatic rings. The van der Waals surface area contributed by atoms with Gasteiger partial charge in [0.2, 0.25) is 5.82 Å². The van der Waals surface area contributed by atoms with E-state index in [1.165, 1.54) is 14.2 Å². The summed E-state index contributed by atoms with van der Waals surface area (Å²) in [6.45, 7) is 0. The van der Waals surface area contributed by atoms with Crippen LogP contribution in [-0.4, -0.2) is 14.2 Å². The number of hydrogen-bond donors (Lipinski definition) is 1. The van der Waals surface area contributed by atoms with E-state index in [-0.39, 0.29) is 16.5 Å². The van der Waals surface area contributed by atoms with Crippen LogP contribution in [-0.2, 0) is 5.54 Å². The van der Waals surface area contributed by atoms with Crippen molar-refractivity contribution in [3.05, 3.63) is 22.5 Å². The Morgan fingerprint density at radius 3 is 2.28 bits per heavy atom. The van der Waals surface area contributed by atoms with Crippen molar-refractivity contribution >= 4 is 11.6 Å². The predicted molar refractivity (Wildman–Crippen MR) is 68.8 cm³/mol. The van der Waals surface area contributed by atoms with Gasteiger partial charge in [-0.05, 0) is 18.9 Å². The van der Waals surface area contributed by atoms with Gasteiger partial charge >= 0.3 is 0 Å². The molecule has 2 N–H and O–H groups in total. The first-order valence-corrected chi connectivity index (χ1v) is 6.30. The molecule has 0 amide bonds. The lowest BCUT2D eigenvalue weighted by atomic mass is 9.88. The van der Waals surface area contributed by atoms with Crippen molar-refractivity contribution in [2.24, 2.45) is 5.73 Å². The predicted octanol–water partition coefficient (Wildman–Crippen LogP) is 3.22. The number of halogens is 2. The fraction of sp³-hybridized carbons (Fsp3) is 0.538. The van der Waals surface area contributed by atoms with Crippen LogP contribution < -0.4 is 15.2 Å². The third-order valence-corrected chi connectivity index (χ3v) is 3.85. The van der Waals surface area contributed by atoms with Gasteiger partial charge < -0.3 is 15.2 Å². The Morgan fingerprint density at radius 2 is 1.78 bits per heavy atom. The number of methoxy groups -OCH3 is 2. The van der Waals surface area contributed by atoms with Crippen molar-refractivity contribution in [2.75, 3.05) is 14.2 Å². The molecule has 0 saturated heterocycles. The van der Waals surface area contributed by atoms with Crippen LogP contribution >= 0.6 is 11.6 Å². The molecule has 0 spiro atoms. The number of ether oxygens (including phenoxy) is 2. The second kappa shape index (κ2) is 4.94. The largest absolute Gasteiger partial charge is 0.493 e. The second-order valence-corrected chi connectivity index (χ2v) is 5.06. The zero-order valence-corrected chi connectivity index (χ0v) is 11.3. The lowest BCUT2D eigenvalue weighted by Gasteiger charge is -2.27. The number of hydrogen-bond acceptors (Lipinski definition) is 3. The lowest BCUT2D eigenvalue weighted by molar-refractivity contribution is 0.333. The molecule has 0 aliphatic heterocycles. The van der Waals surface area contributed by atoms with Crippen molar-refractivity contribution in [1.82, 2.24) is 0 Å². The van der Waals surface area contributed by atoms with Gasteiger partial charge in [0.1, 0.15) is 0 Å². The van der Waals surface area contributed by atoms with Gasteiger partial charge in [0.25, 0.3) is 0 Å². The molecule has 0 aromatic heterocycles. The molecule has 0 bridgehead atoms. The first-order valence-electron chi connectivity index (χ1n) is 5.93. The van der Waals surface area contributed by atoms with Crippen LogP contribution in [0.1, 0.15) is 31.2 Å². The molecule has 5 heteroatoms. The summed E-state index contributed by atoms with van der Waals surface area (Å²) in [6.07, 6.45) is 3.69. The maximum absolute atomic E-state index is 14.2. The van der Waals surface area contributed by atoms with Crippen LogP contribution in [0.5, 0.6) is 11.5 Å². The Morgan fingerprint density at radius 1 is 1.22 bits per heavy atom. The Balaban J connectivity index is 2.60. The van der Waals surface area contributed by atoms with Crippen molar-refractivity contribution < 1.29 is 13.9 Å². The summed E-state index contributed by atoms with van der Waals surface area (Å²) in [5, 5.41) is 0.225. The van der Waals surface area contributed by atoms with Gasteiger partial charge in [-0.2, -0.15) is 4.39 Å². The molecule has 0 atom stereocenters. The molecule has 0 radical (unpaired) electrons. The highest BCUT2D eigenvalue weighted by atomic mass is 35.5. The Hall–Kier alpha value is -1.00. The minimum Gasteiger partial charge on any atom is -0.493 e. The zero-order chi connectivity index (χ0) is 13.3. The quantitative estimate of drug-likeness (QED) is 0.920. The summed E-state index contributed by atoms with van der Waals surface area (Å²) < 4.78 is 24.3. The fourth-order valence-corrected chi connectivity index (χ4v) is 2.88. The fourth-order valence-electron chi connectivity index (χ4n) is 2.62. The van der Waals surface area contributed by atoms with E-state index in [0.29, 0.717) is 5.56 Å². The highest BCUT2D eigenvalue weighted by Crippen LogP contribution is 2.45. The topological polar surface area (TPSA) is 44.5 Å². The highest BCUT2D eigenvalue weighted by molar-refractivity contribution is 6.32. The molecule has 0 heterocycles. The Bertz CT molecular complexity index is 459. The molecule has 100 valence electrons. The van der Waals surface area contributed by atoms with Gasteiger partial charge in [-0.15, -0.1) is 0 Å². The number of benzene rings is 1. The standard InChI is InChI=1S/C13H17ClFNO2/c1-17-11-8(13(16)5-3-4-6-13)7-9(14)12(18-2)10(11)15/h7H,3-6,16H2,1-2H3. The minimum absolute atomic E-state index is 0.00105. The smallest absolute Gasteiger partial charge is 0.208 e. The van der Waals surface area contributed by atoms with Crippen LogP contribution in [0.15, 0.2) is 6.07 Å². The Labute approximate surface area is 111 Å². The summed E-state index contributed by atoms with van der Waals surface area (Å²) in [4.78, 5) is 0. The summed E-state index contributed by atoms with van der Waals surface area (Å²) in [5.74, 6) is -0.446. The van der Waals surface area contributed by atoms with Crippen LogP contribution in [0.4, 0.5) is 4.39 Å². The van der Waals surface area contributed by atoms with Crippen LogP contribution in [0, 0.1) is 5.82 Å². The van der Waals surface area contributed by atoms with Gasteiger partial charge in [0, 0.05) is 11.1 Å². The highest BCUT2D eigenvalue weighted by Gasteiger charge is 2.36. The first-order chi connectivity index (χ1) is 8.53. The van der Waals surface area contributed by atoms with Crippen LogP contribution in [0.25, 0.3) is 0 Å². The van der Waals surface area contributed by atoms with Gasteiger partial charge in [-0.1, -0.05) is 24.4 Å². The molecule has 3 nitrogen and oxygen atoms in total. The maximum Gasteiger partial charge on any atom is 0.208 e. The van der Waals surface area contributed by atoms with Crippen molar-refractivity contribution in [2.45, 2.75) is 31.2 Å². The van der Waals surface area contributed by atoms with Crippen molar-refractivity contribution in [3.63, 3.8) is 0 Å². The van der Waals surface area contributed by atoms with Gasteiger partial charge in [-0.3, -0.25) is 0 Å². The van der Waals surface area contributed by atoms with E-state index in [9.17, 15) is 4.39 Å². The number of nitrogens with two attached hydrogens (primary N) is 1. The molecular weight excluding hydrogens is 257 g/mol. The van der Waals surface area contributed by atoms with Crippen LogP contribution in [0.3, 0.4) is 0 Å². The summed E-state index contributed by atoms with van der Waals surface area (Å²) in [7, 11) is 2.80. The summed E-state index contributed by atoms with van der Waals surface area (Å²) >= 11 is 6.03. The maximum atomic E-state index is 14.2. The monoisotopic (exact) mass is 273 g/mol. The van der Waals surface area contributed by atoms with E-state index >= 15 is 0 Å². The molecule has 1 aliphatic carbocycles. The van der Waals surface area contributed by atoms with E-state index in [0.717, 1.165) is 25.7 Å². The van der Waals surface area contributed by atoms with Gasteiger partial charge in [0.05, 0.1) is 19.2 Å². The third-order valence-electron chi connectivity index (χ3n) is 3.57. The molecule has 0 unspecified atom stereocenters. The molecule has 18 heavy (non-hydrogen) atoms. The third kappa shape index (κ3) is 2.04. The normalized spacial score (nSPS) is 17.8. The van der Waals surface area contributed by atoms with E-state index in [4.69, 9.17) is 26.8 Å². The molecule has 1 aromatic carbocycles. The van der Waals surface area contributed by atoms with Crippen molar-refractivity contribution in [1.29, 1.82) is 0 Å². The first kappa shape index (κ1) is 13.4. The van der Waals surface area contributed by atoms with E-state index in [1.54, 1.807) is 6.07 Å². The van der Waals surface area contributed by atoms with E-state index < -0.39 is 11.4 Å². The van der Waals surface area contributed by atoms with Gasteiger partial charge in [0.15, 0.2) is 11.5 Å². The average molecular weight is 274 g/mol. The average Bonchev–Trinajstić information content (AvgIpc) is 2.77. The van der Waals surface area contributed by atoms with Crippen LogP contribution in [0.2, 0.25) is 5.02 Å². The lowest BCUT2D eigenvalue weighted by Crippen LogP contribution is -2.33. The van der Waals surface area contributed by atoms with Gasteiger partial charge in [-0.25, -0.2) is 0 Å². The Kier molecular flexibility index (Phi) is 3.69.